The van der Waals surface area contributed by atoms with E-state index in [1.165, 1.54) is 22.3 Å². The Morgan fingerprint density at radius 3 is 2.29 bits per heavy atom. The first-order chi connectivity index (χ1) is 15.2. The molecule has 2 aromatic rings. The van der Waals surface area contributed by atoms with Crippen molar-refractivity contribution in [3.8, 4) is 0 Å². The summed E-state index contributed by atoms with van der Waals surface area (Å²) in [5.41, 5.74) is 5.70. The van der Waals surface area contributed by atoms with Crippen LogP contribution < -0.4 is 5.32 Å². The molecule has 31 heavy (non-hydrogen) atoms. The van der Waals surface area contributed by atoms with Gasteiger partial charge in [0, 0.05) is 36.9 Å². The Labute approximate surface area is 182 Å². The summed E-state index contributed by atoms with van der Waals surface area (Å²) in [6, 6.07) is 17.4. The molecule has 2 aromatic carbocycles. The van der Waals surface area contributed by atoms with Crippen LogP contribution in [0.5, 0.6) is 0 Å². The van der Waals surface area contributed by atoms with Gasteiger partial charge >= 0.3 is 11.8 Å². The van der Waals surface area contributed by atoms with Gasteiger partial charge in [-0.3, -0.25) is 9.59 Å². The number of benzene rings is 2. The van der Waals surface area contributed by atoms with E-state index in [1.807, 2.05) is 0 Å². The van der Waals surface area contributed by atoms with Crippen molar-refractivity contribution in [2.45, 2.75) is 31.1 Å². The van der Waals surface area contributed by atoms with Gasteiger partial charge in [0.05, 0.1) is 13.2 Å². The Hall–Kier alpha value is -2.66. The first kappa shape index (κ1) is 19.1. The SMILES string of the molecule is O=C(NCC1CC2c3ccccc3C1c1ccccc12)C(=O)N1CCOCC2(CC2)C1. The zero-order valence-corrected chi connectivity index (χ0v) is 17.7. The Morgan fingerprint density at radius 2 is 1.65 bits per heavy atom. The number of carbonyl (C=O) groups excluding carboxylic acids is 2. The van der Waals surface area contributed by atoms with E-state index in [0.29, 0.717) is 44.7 Å². The standard InChI is InChI=1S/C26H28N2O3/c29-24(25(30)28-11-12-31-16-26(15-28)9-10-26)27-14-17-13-22-18-5-1-3-7-20(18)23(17)21-8-4-2-6-19(21)22/h1-8,17,22-23H,9-16H2,(H,27,29). The van der Waals surface area contributed by atoms with Crippen LogP contribution in [0.25, 0.3) is 0 Å². The molecule has 1 saturated carbocycles. The summed E-state index contributed by atoms with van der Waals surface area (Å²) in [7, 11) is 0. The lowest BCUT2D eigenvalue weighted by Gasteiger charge is -2.45. The van der Waals surface area contributed by atoms with Gasteiger partial charge in [0.15, 0.2) is 0 Å². The predicted octanol–water partition coefficient (Wildman–Crippen LogP) is 3.04. The average molecular weight is 417 g/mol. The van der Waals surface area contributed by atoms with E-state index in [4.69, 9.17) is 4.74 Å². The Kier molecular flexibility index (Phi) is 4.42. The highest BCUT2D eigenvalue weighted by atomic mass is 16.5. The zero-order chi connectivity index (χ0) is 21.0. The molecule has 1 saturated heterocycles. The normalized spacial score (nSPS) is 27.2. The van der Waals surface area contributed by atoms with Crippen molar-refractivity contribution in [2.75, 3.05) is 32.8 Å². The Morgan fingerprint density at radius 1 is 1.00 bits per heavy atom. The fourth-order valence-electron chi connectivity index (χ4n) is 6.05. The lowest BCUT2D eigenvalue weighted by Crippen LogP contribution is -2.47. The van der Waals surface area contributed by atoms with Crippen LogP contribution in [-0.4, -0.2) is 49.6 Å². The maximum Gasteiger partial charge on any atom is 0.311 e. The van der Waals surface area contributed by atoms with E-state index in [1.54, 1.807) is 4.90 Å². The predicted molar refractivity (Wildman–Crippen MR) is 117 cm³/mol. The molecule has 2 bridgehead atoms. The highest BCUT2D eigenvalue weighted by Gasteiger charge is 2.47. The van der Waals surface area contributed by atoms with Crippen LogP contribution in [0.1, 0.15) is 53.4 Å². The molecule has 7 rings (SSSR count). The van der Waals surface area contributed by atoms with Gasteiger partial charge in [0.25, 0.3) is 0 Å². The van der Waals surface area contributed by atoms with E-state index in [2.05, 4.69) is 53.8 Å². The molecular weight excluding hydrogens is 388 g/mol. The van der Waals surface area contributed by atoms with E-state index in [9.17, 15) is 9.59 Å². The Bertz CT molecular complexity index is 997. The largest absolute Gasteiger partial charge is 0.379 e. The molecule has 160 valence electrons. The molecule has 5 aliphatic rings. The number of hydrogen-bond donors (Lipinski definition) is 1. The van der Waals surface area contributed by atoms with Gasteiger partial charge in [0.2, 0.25) is 0 Å². The van der Waals surface area contributed by atoms with Gasteiger partial charge in [-0.15, -0.1) is 0 Å². The van der Waals surface area contributed by atoms with Crippen molar-refractivity contribution in [2.24, 2.45) is 11.3 Å². The van der Waals surface area contributed by atoms with Crippen LogP contribution in [0.4, 0.5) is 0 Å². The Balaban J connectivity index is 1.18. The van der Waals surface area contributed by atoms with Crippen LogP contribution in [0.3, 0.4) is 0 Å². The van der Waals surface area contributed by atoms with Crippen molar-refractivity contribution in [3.63, 3.8) is 0 Å². The average Bonchev–Trinajstić information content (AvgIpc) is 3.62. The van der Waals surface area contributed by atoms with E-state index >= 15 is 0 Å². The number of nitrogens with one attached hydrogen (secondary N) is 1. The smallest absolute Gasteiger partial charge is 0.311 e. The van der Waals surface area contributed by atoms with Gasteiger partial charge in [-0.1, -0.05) is 48.5 Å². The van der Waals surface area contributed by atoms with Gasteiger partial charge in [-0.25, -0.2) is 0 Å². The first-order valence-electron chi connectivity index (χ1n) is 11.5. The molecular formula is C26H28N2O3. The van der Waals surface area contributed by atoms with Crippen molar-refractivity contribution < 1.29 is 14.3 Å². The van der Waals surface area contributed by atoms with Crippen LogP contribution >= 0.6 is 0 Å². The van der Waals surface area contributed by atoms with Crippen molar-refractivity contribution in [1.29, 1.82) is 0 Å². The maximum atomic E-state index is 12.9. The minimum atomic E-state index is -0.472. The zero-order valence-electron chi connectivity index (χ0n) is 17.7. The molecule has 5 nitrogen and oxygen atoms in total. The van der Waals surface area contributed by atoms with Crippen LogP contribution in [0.2, 0.25) is 0 Å². The van der Waals surface area contributed by atoms with Gasteiger partial charge in [-0.05, 0) is 47.4 Å². The highest BCUT2D eigenvalue weighted by molar-refractivity contribution is 6.35. The summed E-state index contributed by atoms with van der Waals surface area (Å²) in [5.74, 6) is 0.0645. The molecule has 1 aliphatic heterocycles. The highest BCUT2D eigenvalue weighted by Crippen LogP contribution is 2.55. The minimum Gasteiger partial charge on any atom is -0.379 e. The monoisotopic (exact) mass is 416 g/mol. The molecule has 1 unspecified atom stereocenters. The van der Waals surface area contributed by atoms with E-state index in [0.717, 1.165) is 19.3 Å². The number of hydrogen-bond acceptors (Lipinski definition) is 3. The number of amides is 2. The molecule has 1 N–H and O–H groups in total. The summed E-state index contributed by atoms with van der Waals surface area (Å²) >= 11 is 0. The second kappa shape index (κ2) is 7.20. The van der Waals surface area contributed by atoms with Gasteiger partial charge < -0.3 is 15.0 Å². The number of nitrogens with zero attached hydrogens (tertiary/aromatic N) is 1. The van der Waals surface area contributed by atoms with Crippen molar-refractivity contribution >= 4 is 11.8 Å². The molecule has 0 radical (unpaired) electrons. The molecule has 4 aliphatic carbocycles. The third kappa shape index (κ3) is 3.18. The topological polar surface area (TPSA) is 58.6 Å². The number of ether oxygens (including phenoxy) is 1. The van der Waals surface area contributed by atoms with Gasteiger partial charge in [-0.2, -0.15) is 0 Å². The van der Waals surface area contributed by atoms with E-state index < -0.39 is 11.8 Å². The molecule has 2 amide bonds. The minimum absolute atomic E-state index is 0.0996. The number of fused-ring (bicyclic) bond motifs is 1. The van der Waals surface area contributed by atoms with Crippen LogP contribution in [-0.2, 0) is 14.3 Å². The van der Waals surface area contributed by atoms with E-state index in [-0.39, 0.29) is 11.3 Å². The lowest BCUT2D eigenvalue weighted by atomic mass is 9.59. The van der Waals surface area contributed by atoms with Crippen LogP contribution in [0, 0.1) is 11.3 Å². The summed E-state index contributed by atoms with van der Waals surface area (Å²) in [6.45, 7) is 2.91. The summed E-state index contributed by atoms with van der Waals surface area (Å²) in [5, 5.41) is 2.99. The summed E-state index contributed by atoms with van der Waals surface area (Å²) < 4.78 is 5.66. The van der Waals surface area contributed by atoms with Crippen molar-refractivity contribution in [1.82, 2.24) is 10.2 Å². The van der Waals surface area contributed by atoms with Gasteiger partial charge in [0.1, 0.15) is 0 Å². The third-order valence-corrected chi connectivity index (χ3v) is 7.83. The molecule has 0 aromatic heterocycles. The fourth-order valence-corrected chi connectivity index (χ4v) is 6.05. The quantitative estimate of drug-likeness (QED) is 0.766. The van der Waals surface area contributed by atoms with Crippen molar-refractivity contribution in [3.05, 3.63) is 70.8 Å². The number of rotatable bonds is 2. The maximum absolute atomic E-state index is 12.9. The summed E-state index contributed by atoms with van der Waals surface area (Å²) in [6.07, 6.45) is 3.18. The second-order valence-corrected chi connectivity index (χ2v) is 9.77. The third-order valence-electron chi connectivity index (χ3n) is 7.83. The fraction of sp³-hybridized carbons (Fsp3) is 0.462. The molecule has 5 heteroatoms. The lowest BCUT2D eigenvalue weighted by molar-refractivity contribution is -0.146. The number of carbonyl (C=O) groups is 2. The molecule has 1 atom stereocenters. The summed E-state index contributed by atoms with van der Waals surface area (Å²) in [4.78, 5) is 27.3. The first-order valence-corrected chi connectivity index (χ1v) is 11.5. The molecule has 1 spiro atoms. The molecule has 1 heterocycles. The van der Waals surface area contributed by atoms with Crippen LogP contribution in [0.15, 0.2) is 48.5 Å². The molecule has 2 fully saturated rings. The second-order valence-electron chi connectivity index (χ2n) is 9.77.